The molecule has 0 atom stereocenters. The van der Waals surface area contributed by atoms with E-state index >= 15 is 0 Å². The summed E-state index contributed by atoms with van der Waals surface area (Å²) in [5.74, 6) is -0.0218. The van der Waals surface area contributed by atoms with Crippen LogP contribution in [0, 0.1) is 5.41 Å². The van der Waals surface area contributed by atoms with Gasteiger partial charge in [-0.2, -0.15) is 0 Å². The smallest absolute Gasteiger partial charge is 0.254 e. The maximum absolute atomic E-state index is 12.2. The third kappa shape index (κ3) is 3.46. The molecule has 1 saturated carbocycles. The average Bonchev–Trinajstić information content (AvgIpc) is 3.18. The second-order valence-electron chi connectivity index (χ2n) is 5.38. The van der Waals surface area contributed by atoms with Crippen molar-refractivity contribution in [3.05, 3.63) is 24.0 Å². The number of nitrogens with one attached hydrogen (secondary N) is 2. The Labute approximate surface area is 115 Å². The monoisotopic (exact) mass is 261 g/mol. The zero-order chi connectivity index (χ0) is 13.7. The molecule has 4 heteroatoms. The molecule has 0 aliphatic heterocycles. The van der Waals surface area contributed by atoms with E-state index in [0.29, 0.717) is 11.0 Å². The number of aromatic nitrogens is 1. The number of carbonyl (C=O) groups excluding carboxylic acids is 1. The minimum atomic E-state index is -0.0218. The molecule has 2 rings (SSSR count). The van der Waals surface area contributed by atoms with Crippen molar-refractivity contribution < 1.29 is 4.79 Å². The minimum Gasteiger partial charge on any atom is -0.385 e. The number of rotatable bonds is 7. The highest BCUT2D eigenvalue weighted by atomic mass is 16.1. The fourth-order valence-corrected chi connectivity index (χ4v) is 2.51. The molecular formula is C15H23N3O. The normalized spacial score (nSPS) is 15.9. The minimum absolute atomic E-state index is 0.0218. The van der Waals surface area contributed by atoms with Gasteiger partial charge in [0, 0.05) is 25.5 Å². The van der Waals surface area contributed by atoms with Gasteiger partial charge in [-0.05, 0) is 37.7 Å². The predicted octanol–water partition coefficient (Wildman–Crippen LogP) is 2.82. The topological polar surface area (TPSA) is 54.0 Å². The molecule has 2 N–H and O–H groups in total. The molecule has 0 saturated heterocycles. The predicted molar refractivity (Wildman–Crippen MR) is 77.3 cm³/mol. The van der Waals surface area contributed by atoms with Crippen LogP contribution in [0.15, 0.2) is 18.5 Å². The molecular weight excluding hydrogens is 238 g/mol. The van der Waals surface area contributed by atoms with Crippen LogP contribution >= 0.6 is 0 Å². The van der Waals surface area contributed by atoms with E-state index in [2.05, 4.69) is 22.5 Å². The fraction of sp³-hybridized carbons (Fsp3) is 0.600. The Morgan fingerprint density at radius 3 is 2.84 bits per heavy atom. The van der Waals surface area contributed by atoms with Crippen molar-refractivity contribution in [1.29, 1.82) is 0 Å². The van der Waals surface area contributed by atoms with Crippen LogP contribution in [-0.2, 0) is 0 Å². The molecule has 104 valence electrons. The molecule has 0 spiro atoms. The Bertz CT molecular complexity index is 441. The summed E-state index contributed by atoms with van der Waals surface area (Å²) in [5, 5.41) is 6.26. The van der Waals surface area contributed by atoms with Crippen molar-refractivity contribution in [2.45, 2.75) is 39.5 Å². The van der Waals surface area contributed by atoms with Gasteiger partial charge in [0.1, 0.15) is 0 Å². The zero-order valence-electron chi connectivity index (χ0n) is 11.8. The molecule has 19 heavy (non-hydrogen) atoms. The fourth-order valence-electron chi connectivity index (χ4n) is 2.51. The Balaban J connectivity index is 1.96. The molecule has 4 nitrogen and oxygen atoms in total. The maximum Gasteiger partial charge on any atom is 0.254 e. The van der Waals surface area contributed by atoms with Gasteiger partial charge in [-0.3, -0.25) is 9.78 Å². The van der Waals surface area contributed by atoms with Crippen LogP contribution < -0.4 is 10.6 Å². The largest absolute Gasteiger partial charge is 0.385 e. The molecule has 0 aromatic carbocycles. The van der Waals surface area contributed by atoms with Crippen LogP contribution in [0.1, 0.15) is 49.9 Å². The Hall–Kier alpha value is -1.58. The lowest BCUT2D eigenvalue weighted by Crippen LogP contribution is -2.30. The van der Waals surface area contributed by atoms with E-state index < -0.39 is 0 Å². The van der Waals surface area contributed by atoms with Gasteiger partial charge in [0.05, 0.1) is 11.3 Å². The van der Waals surface area contributed by atoms with Crippen molar-refractivity contribution in [2.24, 2.45) is 5.41 Å². The van der Waals surface area contributed by atoms with Crippen LogP contribution in [0.2, 0.25) is 0 Å². The van der Waals surface area contributed by atoms with Crippen LogP contribution in [0.4, 0.5) is 5.69 Å². The molecule has 1 aromatic heterocycles. The first-order chi connectivity index (χ1) is 9.21. The molecule has 1 amide bonds. The van der Waals surface area contributed by atoms with Crippen LogP contribution in [0.25, 0.3) is 0 Å². The van der Waals surface area contributed by atoms with Crippen LogP contribution in [0.3, 0.4) is 0 Å². The summed E-state index contributed by atoms with van der Waals surface area (Å²) in [6.45, 7) is 5.80. The third-order valence-corrected chi connectivity index (χ3v) is 3.79. The molecule has 1 heterocycles. The molecule has 1 aromatic rings. The molecule has 1 aliphatic carbocycles. The third-order valence-electron chi connectivity index (χ3n) is 3.79. The van der Waals surface area contributed by atoms with Gasteiger partial charge < -0.3 is 10.6 Å². The van der Waals surface area contributed by atoms with Crippen LogP contribution in [0.5, 0.6) is 0 Å². The summed E-state index contributed by atoms with van der Waals surface area (Å²) >= 11 is 0. The molecule has 1 fully saturated rings. The highest BCUT2D eigenvalue weighted by Gasteiger charge is 2.41. The summed E-state index contributed by atoms with van der Waals surface area (Å²) in [6, 6.07) is 1.84. The second kappa shape index (κ2) is 6.04. The van der Waals surface area contributed by atoms with Gasteiger partial charge >= 0.3 is 0 Å². The molecule has 0 bridgehead atoms. The molecule has 0 unspecified atom stereocenters. The van der Waals surface area contributed by atoms with E-state index in [1.54, 1.807) is 12.4 Å². The first-order valence-corrected chi connectivity index (χ1v) is 7.17. The van der Waals surface area contributed by atoms with Crippen molar-refractivity contribution in [3.63, 3.8) is 0 Å². The summed E-state index contributed by atoms with van der Waals surface area (Å²) in [6.07, 6.45) is 8.22. The van der Waals surface area contributed by atoms with E-state index in [9.17, 15) is 4.79 Å². The number of nitrogens with zero attached hydrogens (tertiary/aromatic N) is 1. The second-order valence-corrected chi connectivity index (χ2v) is 5.38. The number of hydrogen-bond acceptors (Lipinski definition) is 3. The number of anilines is 1. The molecule has 1 aliphatic rings. The quantitative estimate of drug-likeness (QED) is 0.793. The Kier molecular flexibility index (Phi) is 4.40. The lowest BCUT2D eigenvalue weighted by molar-refractivity contribution is 0.0944. The lowest BCUT2D eigenvalue weighted by Gasteiger charge is -2.16. The lowest BCUT2D eigenvalue weighted by atomic mass is 10.0. The number of amides is 1. The van der Waals surface area contributed by atoms with Gasteiger partial charge in [0.2, 0.25) is 0 Å². The summed E-state index contributed by atoms with van der Waals surface area (Å²) in [7, 11) is 0. The van der Waals surface area contributed by atoms with E-state index in [1.807, 2.05) is 13.0 Å². The first kappa shape index (κ1) is 13.8. The number of pyridine rings is 1. The highest BCUT2D eigenvalue weighted by Crippen LogP contribution is 2.48. The van der Waals surface area contributed by atoms with E-state index in [4.69, 9.17) is 0 Å². The van der Waals surface area contributed by atoms with Gasteiger partial charge in [0.25, 0.3) is 5.91 Å². The summed E-state index contributed by atoms with van der Waals surface area (Å²) in [5.41, 5.74) is 1.87. The van der Waals surface area contributed by atoms with Crippen LogP contribution in [-0.4, -0.2) is 24.0 Å². The van der Waals surface area contributed by atoms with Crippen molar-refractivity contribution >= 4 is 11.6 Å². The van der Waals surface area contributed by atoms with Gasteiger partial charge in [-0.1, -0.05) is 13.3 Å². The first-order valence-electron chi connectivity index (χ1n) is 7.17. The standard InChI is InChI=1S/C15H23N3O/c1-3-6-15(7-8-15)11-18-14(19)12-10-16-9-5-13(12)17-4-2/h5,9-10H,3-4,6-8,11H2,1-2H3,(H,16,17)(H,18,19). The molecule has 0 radical (unpaired) electrons. The van der Waals surface area contributed by atoms with Crippen molar-refractivity contribution in [3.8, 4) is 0 Å². The number of carbonyl (C=O) groups is 1. The Morgan fingerprint density at radius 1 is 1.42 bits per heavy atom. The van der Waals surface area contributed by atoms with Gasteiger partial charge in [-0.25, -0.2) is 0 Å². The summed E-state index contributed by atoms with van der Waals surface area (Å²) in [4.78, 5) is 16.3. The van der Waals surface area contributed by atoms with Gasteiger partial charge in [0.15, 0.2) is 0 Å². The zero-order valence-corrected chi connectivity index (χ0v) is 11.8. The van der Waals surface area contributed by atoms with E-state index in [0.717, 1.165) is 18.8 Å². The highest BCUT2D eigenvalue weighted by molar-refractivity contribution is 5.99. The maximum atomic E-state index is 12.2. The van der Waals surface area contributed by atoms with Gasteiger partial charge in [-0.15, -0.1) is 0 Å². The Morgan fingerprint density at radius 2 is 2.21 bits per heavy atom. The van der Waals surface area contributed by atoms with E-state index in [1.165, 1.54) is 25.7 Å². The number of hydrogen-bond donors (Lipinski definition) is 2. The average molecular weight is 261 g/mol. The van der Waals surface area contributed by atoms with Crippen molar-refractivity contribution in [1.82, 2.24) is 10.3 Å². The summed E-state index contributed by atoms with van der Waals surface area (Å²) < 4.78 is 0. The van der Waals surface area contributed by atoms with E-state index in [-0.39, 0.29) is 5.91 Å². The SMILES string of the molecule is CCCC1(CNC(=O)c2cnccc2NCC)CC1. The van der Waals surface area contributed by atoms with Crippen molar-refractivity contribution in [2.75, 3.05) is 18.4 Å².